The molecule has 0 saturated carbocycles. The highest BCUT2D eigenvalue weighted by atomic mass is 16.6. The van der Waals surface area contributed by atoms with E-state index in [2.05, 4.69) is 35.4 Å². The quantitative estimate of drug-likeness (QED) is 0.544. The first-order chi connectivity index (χ1) is 15.6. The van der Waals surface area contributed by atoms with E-state index in [1.165, 1.54) is 16.5 Å². The number of carbonyl (C=O) groups excluding carboxylic acids is 2. The van der Waals surface area contributed by atoms with Gasteiger partial charge in [-0.25, -0.2) is 4.79 Å². The van der Waals surface area contributed by atoms with E-state index in [1.807, 2.05) is 11.0 Å². The molecule has 1 aromatic heterocycles. The van der Waals surface area contributed by atoms with Gasteiger partial charge in [0.2, 0.25) is 5.91 Å². The highest BCUT2D eigenvalue weighted by Crippen LogP contribution is 2.39. The number of phenols is 1. The number of nitrogens with one attached hydrogen (secondary N) is 2. The van der Waals surface area contributed by atoms with Crippen molar-refractivity contribution in [1.82, 2.24) is 15.2 Å². The fourth-order valence-electron chi connectivity index (χ4n) is 4.44. The van der Waals surface area contributed by atoms with Crippen LogP contribution in [0.4, 0.5) is 4.79 Å². The van der Waals surface area contributed by atoms with Gasteiger partial charge in [-0.2, -0.15) is 0 Å². The second-order valence-corrected chi connectivity index (χ2v) is 9.58. The first kappa shape index (κ1) is 22.7. The summed E-state index contributed by atoms with van der Waals surface area (Å²) >= 11 is 0. The van der Waals surface area contributed by atoms with Crippen molar-refractivity contribution in [1.29, 1.82) is 0 Å². The topological polar surface area (TPSA) is 94.7 Å². The average Bonchev–Trinajstić information content (AvgIpc) is 3.09. The molecule has 2 heterocycles. The minimum atomic E-state index is -0.592. The molecule has 0 spiro atoms. The fraction of sp³-hybridized carbons (Fsp3) is 0.385. The number of amides is 2. The van der Waals surface area contributed by atoms with Crippen molar-refractivity contribution in [2.45, 2.75) is 52.2 Å². The highest BCUT2D eigenvalue weighted by molar-refractivity contribution is 5.87. The van der Waals surface area contributed by atoms with E-state index >= 15 is 0 Å². The Hall–Kier alpha value is -3.48. The third kappa shape index (κ3) is 4.97. The lowest BCUT2D eigenvalue weighted by Gasteiger charge is -2.36. The van der Waals surface area contributed by atoms with Crippen LogP contribution < -0.4 is 5.32 Å². The van der Waals surface area contributed by atoms with Crippen LogP contribution in [0.15, 0.2) is 42.5 Å². The number of rotatable bonds is 4. The molecule has 1 atom stereocenters. The summed E-state index contributed by atoms with van der Waals surface area (Å²) in [5.41, 5.74) is 4.65. The molecule has 0 radical (unpaired) electrons. The highest BCUT2D eigenvalue weighted by Gasteiger charge is 2.34. The summed E-state index contributed by atoms with van der Waals surface area (Å²) in [6, 6.07) is 13.0. The van der Waals surface area contributed by atoms with Crippen molar-refractivity contribution >= 4 is 22.9 Å². The maximum absolute atomic E-state index is 13.3. The Morgan fingerprint density at radius 1 is 1.21 bits per heavy atom. The molecule has 1 aliphatic rings. The SMILES string of the molecule is Cc1ccc2[nH]c3c(c2c1)CCN(C(=O)CCNC(=O)OC(C)(C)C)C3c1cccc(O)c1. The summed E-state index contributed by atoms with van der Waals surface area (Å²) in [5, 5.41) is 14.0. The Kier molecular flexibility index (Phi) is 6.06. The Bertz CT molecular complexity index is 1190. The van der Waals surface area contributed by atoms with Gasteiger partial charge in [0.15, 0.2) is 0 Å². The van der Waals surface area contributed by atoms with E-state index in [-0.39, 0.29) is 30.7 Å². The van der Waals surface area contributed by atoms with Crippen LogP contribution in [0.3, 0.4) is 0 Å². The molecule has 0 fully saturated rings. The molecule has 3 N–H and O–H groups in total. The number of phenolic OH excluding ortho intramolecular Hbond substituents is 1. The van der Waals surface area contributed by atoms with Gasteiger partial charge >= 0.3 is 6.09 Å². The Balaban J connectivity index is 1.60. The molecule has 2 aromatic carbocycles. The summed E-state index contributed by atoms with van der Waals surface area (Å²) in [5.74, 6) is 0.0884. The molecule has 7 heteroatoms. The van der Waals surface area contributed by atoms with Gasteiger partial charge in [0, 0.05) is 36.1 Å². The zero-order valence-corrected chi connectivity index (χ0v) is 19.6. The number of aromatic nitrogens is 1. The third-order valence-electron chi connectivity index (χ3n) is 5.80. The van der Waals surface area contributed by atoms with Gasteiger partial charge in [-0.05, 0) is 69.5 Å². The van der Waals surface area contributed by atoms with Gasteiger partial charge in [0.25, 0.3) is 0 Å². The van der Waals surface area contributed by atoms with Crippen LogP contribution in [-0.2, 0) is 16.0 Å². The number of hydrogen-bond acceptors (Lipinski definition) is 4. The molecule has 3 aromatic rings. The summed E-state index contributed by atoms with van der Waals surface area (Å²) < 4.78 is 5.25. The molecule has 0 aliphatic carbocycles. The van der Waals surface area contributed by atoms with Crippen LogP contribution >= 0.6 is 0 Å². The normalized spacial score (nSPS) is 15.9. The lowest BCUT2D eigenvalue weighted by molar-refractivity contribution is -0.133. The third-order valence-corrected chi connectivity index (χ3v) is 5.80. The maximum atomic E-state index is 13.3. The van der Waals surface area contributed by atoms with Crippen LogP contribution in [0.5, 0.6) is 5.75 Å². The van der Waals surface area contributed by atoms with Crippen molar-refractivity contribution in [2.24, 2.45) is 0 Å². The van der Waals surface area contributed by atoms with Gasteiger partial charge in [-0.1, -0.05) is 23.8 Å². The fourth-order valence-corrected chi connectivity index (χ4v) is 4.44. The summed E-state index contributed by atoms with van der Waals surface area (Å²) in [7, 11) is 0. The van der Waals surface area contributed by atoms with Crippen molar-refractivity contribution in [3.05, 3.63) is 64.8 Å². The number of benzene rings is 2. The molecule has 33 heavy (non-hydrogen) atoms. The van der Waals surface area contributed by atoms with E-state index in [1.54, 1.807) is 39.0 Å². The summed E-state index contributed by atoms with van der Waals surface area (Å²) in [4.78, 5) is 30.6. The predicted octanol–water partition coefficient (Wildman–Crippen LogP) is 4.57. The largest absolute Gasteiger partial charge is 0.508 e. The standard InChI is InChI=1S/C26H31N3O4/c1-16-8-9-21-20(14-16)19-11-13-29(22(31)10-12-27-25(32)33-26(2,3)4)24(23(19)28-21)17-6-5-7-18(30)15-17/h5-9,14-15,24,28,30H,10-13H2,1-4H3,(H,27,32). The van der Waals surface area contributed by atoms with Gasteiger partial charge < -0.3 is 25.0 Å². The first-order valence-electron chi connectivity index (χ1n) is 11.3. The van der Waals surface area contributed by atoms with Crippen molar-refractivity contribution < 1.29 is 19.4 Å². The number of ether oxygens (including phenoxy) is 1. The van der Waals surface area contributed by atoms with Gasteiger partial charge in [-0.3, -0.25) is 4.79 Å². The van der Waals surface area contributed by atoms with Crippen LogP contribution in [0.25, 0.3) is 10.9 Å². The Morgan fingerprint density at radius 2 is 2.00 bits per heavy atom. The number of aromatic amines is 1. The van der Waals surface area contributed by atoms with E-state index < -0.39 is 11.7 Å². The van der Waals surface area contributed by atoms with E-state index in [4.69, 9.17) is 4.74 Å². The van der Waals surface area contributed by atoms with Crippen molar-refractivity contribution in [3.63, 3.8) is 0 Å². The van der Waals surface area contributed by atoms with E-state index in [9.17, 15) is 14.7 Å². The lowest BCUT2D eigenvalue weighted by atomic mass is 9.91. The van der Waals surface area contributed by atoms with Gasteiger partial charge in [-0.15, -0.1) is 0 Å². The van der Waals surface area contributed by atoms with Crippen LogP contribution in [0.1, 0.15) is 55.6 Å². The second kappa shape index (κ2) is 8.81. The monoisotopic (exact) mass is 449 g/mol. The Labute approximate surface area is 193 Å². The predicted molar refractivity (Wildman–Crippen MR) is 127 cm³/mol. The number of H-pyrrole nitrogens is 1. The summed E-state index contributed by atoms with van der Waals surface area (Å²) in [6.07, 6.45) is 0.356. The van der Waals surface area contributed by atoms with Crippen molar-refractivity contribution in [2.75, 3.05) is 13.1 Å². The summed E-state index contributed by atoms with van der Waals surface area (Å²) in [6.45, 7) is 8.21. The smallest absolute Gasteiger partial charge is 0.407 e. The van der Waals surface area contributed by atoms with Crippen molar-refractivity contribution in [3.8, 4) is 5.75 Å². The molecule has 174 valence electrons. The zero-order valence-electron chi connectivity index (χ0n) is 19.6. The number of aromatic hydroxyl groups is 1. The maximum Gasteiger partial charge on any atom is 0.407 e. The molecule has 7 nitrogen and oxygen atoms in total. The second-order valence-electron chi connectivity index (χ2n) is 9.58. The Morgan fingerprint density at radius 3 is 2.73 bits per heavy atom. The molecular formula is C26H31N3O4. The number of nitrogens with zero attached hydrogens (tertiary/aromatic N) is 1. The van der Waals surface area contributed by atoms with E-state index in [0.717, 1.165) is 23.2 Å². The number of aryl methyl sites for hydroxylation is 1. The number of alkyl carbamates (subject to hydrolysis) is 1. The number of hydrogen-bond donors (Lipinski definition) is 3. The van der Waals surface area contributed by atoms with Crippen LogP contribution in [0, 0.1) is 6.92 Å². The van der Waals surface area contributed by atoms with Gasteiger partial charge in [0.1, 0.15) is 11.4 Å². The molecule has 0 bridgehead atoms. The first-order valence-corrected chi connectivity index (χ1v) is 11.3. The molecular weight excluding hydrogens is 418 g/mol. The van der Waals surface area contributed by atoms with Gasteiger partial charge in [0.05, 0.1) is 6.04 Å². The van der Waals surface area contributed by atoms with Crippen LogP contribution in [0.2, 0.25) is 0 Å². The lowest BCUT2D eigenvalue weighted by Crippen LogP contribution is -2.42. The number of carbonyl (C=O) groups is 2. The molecule has 4 rings (SSSR count). The minimum Gasteiger partial charge on any atom is -0.508 e. The minimum absolute atomic E-state index is 0.0695. The van der Waals surface area contributed by atoms with E-state index in [0.29, 0.717) is 6.54 Å². The molecule has 0 saturated heterocycles. The average molecular weight is 450 g/mol. The molecule has 1 unspecified atom stereocenters. The van der Waals surface area contributed by atoms with Crippen LogP contribution in [-0.4, -0.2) is 45.7 Å². The molecule has 1 aliphatic heterocycles. The zero-order chi connectivity index (χ0) is 23.8. The number of fused-ring (bicyclic) bond motifs is 3. The molecule has 2 amide bonds.